The van der Waals surface area contributed by atoms with Gasteiger partial charge < -0.3 is 9.88 Å². The molecule has 0 aliphatic carbocycles. The first-order valence-electron chi connectivity index (χ1n) is 9.99. The van der Waals surface area contributed by atoms with Crippen molar-refractivity contribution >= 4 is 17.3 Å². The van der Waals surface area contributed by atoms with Crippen molar-refractivity contribution in [1.29, 1.82) is 0 Å². The molecule has 164 valence electrons. The number of aromatic amines is 1. The molecule has 0 saturated carbocycles. The molecule has 1 N–H and O–H groups in total. The summed E-state index contributed by atoms with van der Waals surface area (Å²) in [6.07, 6.45) is -2.10. The largest absolute Gasteiger partial charge is 0.417 e. The number of hydrogen-bond donors (Lipinski definition) is 1. The zero-order valence-electron chi connectivity index (χ0n) is 17.4. The lowest BCUT2D eigenvalue weighted by atomic mass is 9.96. The molecule has 1 saturated heterocycles. The summed E-state index contributed by atoms with van der Waals surface area (Å²) in [5.41, 5.74) is 1.69. The number of Topliss-reactive ketones (excluding diaryl/α,β-unsaturated/α-hetero) is 1. The predicted octanol–water partition coefficient (Wildman–Crippen LogP) is 3.92. The monoisotopic (exact) mass is 433 g/mol. The number of aromatic nitrogens is 4. The van der Waals surface area contributed by atoms with Gasteiger partial charge in [-0.2, -0.15) is 13.2 Å². The Kier molecular flexibility index (Phi) is 5.10. The fourth-order valence-corrected chi connectivity index (χ4v) is 4.38. The molecule has 4 rings (SSSR count). The second-order valence-electron chi connectivity index (χ2n) is 7.97. The molecular formula is C21H22F3N5O2. The Labute approximate surface area is 176 Å². The van der Waals surface area contributed by atoms with E-state index in [1.165, 1.54) is 17.4 Å². The molecule has 10 heteroatoms. The Bertz CT molecular complexity index is 1180. The van der Waals surface area contributed by atoms with Crippen LogP contribution in [0.5, 0.6) is 0 Å². The number of H-pyrrole nitrogens is 1. The molecule has 0 aromatic carbocycles. The average molecular weight is 433 g/mol. The van der Waals surface area contributed by atoms with Crippen molar-refractivity contribution in [1.82, 2.24) is 24.5 Å². The lowest BCUT2D eigenvalue weighted by Crippen LogP contribution is -2.40. The molecule has 1 atom stereocenters. The van der Waals surface area contributed by atoms with E-state index in [0.29, 0.717) is 59.9 Å². The lowest BCUT2D eigenvalue weighted by Gasteiger charge is -2.32. The van der Waals surface area contributed by atoms with E-state index in [-0.39, 0.29) is 17.6 Å². The summed E-state index contributed by atoms with van der Waals surface area (Å²) >= 11 is 0. The molecular weight excluding hydrogens is 411 g/mol. The third kappa shape index (κ3) is 3.70. The molecule has 3 aromatic heterocycles. The third-order valence-electron chi connectivity index (χ3n) is 5.83. The number of ketones is 1. The summed E-state index contributed by atoms with van der Waals surface area (Å²) in [7, 11) is 0. The van der Waals surface area contributed by atoms with Gasteiger partial charge in [0.05, 0.1) is 5.56 Å². The van der Waals surface area contributed by atoms with Gasteiger partial charge in [-0.1, -0.05) is 0 Å². The van der Waals surface area contributed by atoms with Gasteiger partial charge in [0.2, 0.25) is 0 Å². The number of amides is 1. The maximum Gasteiger partial charge on any atom is 0.417 e. The van der Waals surface area contributed by atoms with Crippen LogP contribution in [0.3, 0.4) is 0 Å². The summed E-state index contributed by atoms with van der Waals surface area (Å²) in [4.78, 5) is 29.7. The van der Waals surface area contributed by atoms with Crippen LogP contribution in [0.15, 0.2) is 18.3 Å². The molecule has 0 bridgehead atoms. The van der Waals surface area contributed by atoms with Crippen molar-refractivity contribution in [3.63, 3.8) is 0 Å². The van der Waals surface area contributed by atoms with Crippen LogP contribution in [0.25, 0.3) is 5.65 Å². The molecule has 1 amide bonds. The zero-order valence-corrected chi connectivity index (χ0v) is 17.4. The average Bonchev–Trinajstić information content (AvgIpc) is 3.26. The van der Waals surface area contributed by atoms with E-state index in [2.05, 4.69) is 15.2 Å². The predicted molar refractivity (Wildman–Crippen MR) is 106 cm³/mol. The Balaban J connectivity index is 1.63. The quantitative estimate of drug-likeness (QED) is 0.635. The standard InChI is InChI=1S/C21H22F3N5O2/c1-11-17(13(3)30)12(2)25-18(11)20(31)28-8-4-5-14(9-28)19-27-26-16-7-6-15(10-29(16)19)21(22,23)24/h6-7,10,14,25H,4-5,8-9H2,1-3H3. The van der Waals surface area contributed by atoms with Gasteiger partial charge in [-0.05, 0) is 51.3 Å². The minimum absolute atomic E-state index is 0.114. The second-order valence-corrected chi connectivity index (χ2v) is 7.97. The fraction of sp³-hybridized carbons (Fsp3) is 0.429. The number of halogens is 3. The number of piperidine rings is 1. The summed E-state index contributed by atoms with van der Waals surface area (Å²) in [6.45, 7) is 5.77. The number of likely N-dealkylation sites (tertiary alicyclic amines) is 1. The number of pyridine rings is 1. The molecule has 0 radical (unpaired) electrons. The topological polar surface area (TPSA) is 83.4 Å². The highest BCUT2D eigenvalue weighted by Gasteiger charge is 2.33. The smallest absolute Gasteiger partial charge is 0.354 e. The first-order chi connectivity index (χ1) is 14.6. The number of rotatable bonds is 3. The van der Waals surface area contributed by atoms with Crippen LogP contribution in [0.2, 0.25) is 0 Å². The van der Waals surface area contributed by atoms with Gasteiger partial charge in [0.25, 0.3) is 5.91 Å². The van der Waals surface area contributed by atoms with E-state index in [1.807, 2.05) is 0 Å². The van der Waals surface area contributed by atoms with E-state index >= 15 is 0 Å². The highest BCUT2D eigenvalue weighted by Crippen LogP contribution is 2.32. The Morgan fingerprint density at radius 1 is 1.19 bits per heavy atom. The minimum atomic E-state index is -4.47. The highest BCUT2D eigenvalue weighted by atomic mass is 19.4. The van der Waals surface area contributed by atoms with E-state index < -0.39 is 11.7 Å². The number of alkyl halides is 3. The van der Waals surface area contributed by atoms with Crippen LogP contribution in [0, 0.1) is 13.8 Å². The molecule has 1 aliphatic rings. The number of fused-ring (bicyclic) bond motifs is 1. The van der Waals surface area contributed by atoms with Gasteiger partial charge in [-0.15, -0.1) is 10.2 Å². The highest BCUT2D eigenvalue weighted by molar-refractivity contribution is 6.02. The molecule has 1 unspecified atom stereocenters. The van der Waals surface area contributed by atoms with Gasteiger partial charge in [-0.3, -0.25) is 14.0 Å². The number of hydrogen-bond acceptors (Lipinski definition) is 4. The molecule has 4 heterocycles. The van der Waals surface area contributed by atoms with E-state index in [4.69, 9.17) is 0 Å². The van der Waals surface area contributed by atoms with Crippen LogP contribution in [0.1, 0.15) is 69.2 Å². The van der Waals surface area contributed by atoms with Crippen molar-refractivity contribution in [3.8, 4) is 0 Å². The van der Waals surface area contributed by atoms with Crippen molar-refractivity contribution in [2.45, 2.75) is 45.7 Å². The maximum atomic E-state index is 13.2. The number of aryl methyl sites for hydroxylation is 1. The second kappa shape index (κ2) is 7.51. The Hall–Kier alpha value is -3.17. The van der Waals surface area contributed by atoms with Gasteiger partial charge in [0, 0.05) is 36.5 Å². The Morgan fingerprint density at radius 2 is 1.94 bits per heavy atom. The van der Waals surface area contributed by atoms with Crippen LogP contribution in [-0.2, 0) is 6.18 Å². The number of nitrogens with zero attached hydrogens (tertiary/aromatic N) is 4. The van der Waals surface area contributed by atoms with Crippen molar-refractivity contribution in [3.05, 3.63) is 52.2 Å². The van der Waals surface area contributed by atoms with Gasteiger partial charge in [0.1, 0.15) is 11.5 Å². The number of nitrogens with one attached hydrogen (secondary N) is 1. The number of carbonyl (C=O) groups is 2. The van der Waals surface area contributed by atoms with Crippen LogP contribution in [0.4, 0.5) is 13.2 Å². The normalized spacial score (nSPS) is 17.4. The van der Waals surface area contributed by atoms with E-state index in [9.17, 15) is 22.8 Å². The van der Waals surface area contributed by atoms with Crippen LogP contribution < -0.4 is 0 Å². The van der Waals surface area contributed by atoms with Crippen molar-refractivity contribution in [2.75, 3.05) is 13.1 Å². The fourth-order valence-electron chi connectivity index (χ4n) is 4.38. The first-order valence-corrected chi connectivity index (χ1v) is 9.99. The van der Waals surface area contributed by atoms with Gasteiger partial charge in [0.15, 0.2) is 11.4 Å². The molecule has 3 aromatic rings. The first kappa shape index (κ1) is 21.1. The molecule has 7 nitrogen and oxygen atoms in total. The van der Waals surface area contributed by atoms with E-state index in [1.54, 1.807) is 18.7 Å². The third-order valence-corrected chi connectivity index (χ3v) is 5.83. The van der Waals surface area contributed by atoms with E-state index in [0.717, 1.165) is 12.3 Å². The maximum absolute atomic E-state index is 13.2. The Morgan fingerprint density at radius 3 is 2.58 bits per heavy atom. The number of carbonyl (C=O) groups excluding carboxylic acids is 2. The molecule has 0 spiro atoms. The SMILES string of the molecule is CC(=O)c1c(C)[nH]c(C(=O)N2CCCC(c3nnc4ccc(C(F)(F)F)cn34)C2)c1C. The van der Waals surface area contributed by atoms with Crippen LogP contribution >= 0.6 is 0 Å². The lowest BCUT2D eigenvalue weighted by molar-refractivity contribution is -0.137. The van der Waals surface area contributed by atoms with Gasteiger partial charge >= 0.3 is 6.18 Å². The summed E-state index contributed by atoms with van der Waals surface area (Å²) in [6, 6.07) is 2.27. The van der Waals surface area contributed by atoms with Crippen LogP contribution in [-0.4, -0.2) is 49.3 Å². The van der Waals surface area contributed by atoms with Crippen molar-refractivity contribution in [2.24, 2.45) is 0 Å². The molecule has 1 aliphatic heterocycles. The zero-order chi connectivity index (χ0) is 22.5. The molecule has 1 fully saturated rings. The van der Waals surface area contributed by atoms with Gasteiger partial charge in [-0.25, -0.2) is 0 Å². The summed E-state index contributed by atoms with van der Waals surface area (Å²) in [5.74, 6) is -0.193. The minimum Gasteiger partial charge on any atom is -0.354 e. The summed E-state index contributed by atoms with van der Waals surface area (Å²) in [5, 5.41) is 8.11. The van der Waals surface area contributed by atoms with Crippen molar-refractivity contribution < 1.29 is 22.8 Å². The molecule has 31 heavy (non-hydrogen) atoms. The summed E-state index contributed by atoms with van der Waals surface area (Å²) < 4.78 is 40.8.